The van der Waals surface area contributed by atoms with Gasteiger partial charge in [0, 0.05) is 48.6 Å². The number of H-pyrrole nitrogens is 1. The van der Waals surface area contributed by atoms with Gasteiger partial charge in [0.25, 0.3) is 0 Å². The molecule has 144 valence electrons. The Bertz CT molecular complexity index is 979. The lowest BCUT2D eigenvalue weighted by molar-refractivity contribution is -0.132. The summed E-state index contributed by atoms with van der Waals surface area (Å²) in [5.41, 5.74) is 4.28. The monoisotopic (exact) mass is 374 g/mol. The number of likely N-dealkylation sites (tertiary alicyclic amines) is 1. The molecule has 1 aliphatic heterocycles. The van der Waals surface area contributed by atoms with E-state index in [0.29, 0.717) is 11.5 Å². The molecule has 3 aromatic rings. The molecule has 2 aromatic carbocycles. The summed E-state index contributed by atoms with van der Waals surface area (Å²) >= 11 is 0. The van der Waals surface area contributed by atoms with Gasteiger partial charge in [-0.3, -0.25) is 9.59 Å². The number of carbonyl (C=O) groups excluding carboxylic acids is 2. The van der Waals surface area contributed by atoms with Gasteiger partial charge >= 0.3 is 0 Å². The second-order valence-electron chi connectivity index (χ2n) is 7.74. The number of aromatic nitrogens is 1. The van der Waals surface area contributed by atoms with Crippen molar-refractivity contribution in [3.63, 3.8) is 0 Å². The van der Waals surface area contributed by atoms with Crippen LogP contribution in [0, 0.1) is 6.92 Å². The first-order valence-electron chi connectivity index (χ1n) is 10.1. The van der Waals surface area contributed by atoms with Crippen LogP contribution < -0.4 is 0 Å². The molecule has 4 heteroatoms. The maximum absolute atomic E-state index is 12.6. The van der Waals surface area contributed by atoms with E-state index >= 15 is 0 Å². The van der Waals surface area contributed by atoms with E-state index in [0.717, 1.165) is 36.8 Å². The van der Waals surface area contributed by atoms with Gasteiger partial charge in [-0.2, -0.15) is 0 Å². The first-order valence-corrected chi connectivity index (χ1v) is 10.1. The van der Waals surface area contributed by atoms with E-state index in [-0.39, 0.29) is 24.5 Å². The van der Waals surface area contributed by atoms with Crippen molar-refractivity contribution in [3.8, 4) is 0 Å². The summed E-state index contributed by atoms with van der Waals surface area (Å²) in [7, 11) is 0. The molecule has 0 unspecified atom stereocenters. The molecule has 0 atom stereocenters. The molecule has 1 aromatic heterocycles. The lowest BCUT2D eigenvalue weighted by Crippen LogP contribution is -2.38. The van der Waals surface area contributed by atoms with Gasteiger partial charge in [-0.05, 0) is 37.3 Å². The largest absolute Gasteiger partial charge is 0.360 e. The third-order valence-corrected chi connectivity index (χ3v) is 5.85. The minimum absolute atomic E-state index is 0.0281. The Morgan fingerprint density at radius 1 is 1.00 bits per heavy atom. The average Bonchev–Trinajstić information content (AvgIpc) is 3.17. The maximum Gasteiger partial charge on any atom is 0.223 e. The molecule has 0 aliphatic carbocycles. The topological polar surface area (TPSA) is 53.2 Å². The van der Waals surface area contributed by atoms with Crippen molar-refractivity contribution in [2.24, 2.45) is 0 Å². The van der Waals surface area contributed by atoms with Crippen LogP contribution in [0.15, 0.2) is 54.7 Å². The minimum Gasteiger partial charge on any atom is -0.360 e. The van der Waals surface area contributed by atoms with Crippen molar-refractivity contribution in [1.82, 2.24) is 9.88 Å². The normalized spacial score (nSPS) is 15.1. The zero-order chi connectivity index (χ0) is 19.5. The van der Waals surface area contributed by atoms with Crippen LogP contribution in [0.2, 0.25) is 0 Å². The zero-order valence-electron chi connectivity index (χ0n) is 16.3. The molecule has 0 saturated carbocycles. The summed E-state index contributed by atoms with van der Waals surface area (Å²) < 4.78 is 0. The number of hydrogen-bond acceptors (Lipinski definition) is 2. The van der Waals surface area contributed by atoms with Crippen molar-refractivity contribution in [3.05, 3.63) is 71.4 Å². The van der Waals surface area contributed by atoms with E-state index in [1.807, 2.05) is 29.2 Å². The Kier molecular flexibility index (Phi) is 5.29. The van der Waals surface area contributed by atoms with Crippen LogP contribution in [0.3, 0.4) is 0 Å². The van der Waals surface area contributed by atoms with Gasteiger partial charge in [-0.15, -0.1) is 0 Å². The van der Waals surface area contributed by atoms with Gasteiger partial charge < -0.3 is 9.88 Å². The fraction of sp³-hybridized carbons (Fsp3) is 0.333. The molecule has 1 fully saturated rings. The maximum atomic E-state index is 12.6. The molecule has 4 rings (SSSR count). The molecular weight excluding hydrogens is 348 g/mol. The molecule has 1 saturated heterocycles. The van der Waals surface area contributed by atoms with Gasteiger partial charge in [-0.1, -0.05) is 48.0 Å². The number of amides is 1. The number of hydrogen-bond donors (Lipinski definition) is 1. The number of aromatic amines is 1. The quantitative estimate of drug-likeness (QED) is 0.649. The third-order valence-electron chi connectivity index (χ3n) is 5.85. The first-order chi connectivity index (χ1) is 13.6. The van der Waals surface area contributed by atoms with Crippen LogP contribution >= 0.6 is 0 Å². The standard InChI is InChI=1S/C24H26N2O2/c1-17-6-8-18(9-7-17)19-12-14-26(15-13-19)24(28)11-10-23(27)21-16-25-22-5-3-2-4-20(21)22/h2-9,16,19,25H,10-15H2,1H3. The van der Waals surface area contributed by atoms with Crippen molar-refractivity contribution >= 4 is 22.6 Å². The number of Topliss-reactive ketones (excluding diaryl/α,β-unsaturated/α-hetero) is 1. The van der Waals surface area contributed by atoms with E-state index in [1.54, 1.807) is 6.20 Å². The number of aryl methyl sites for hydroxylation is 1. The van der Waals surface area contributed by atoms with E-state index in [4.69, 9.17) is 0 Å². The SMILES string of the molecule is Cc1ccc(C2CCN(C(=O)CCC(=O)c3c[nH]c4ccccc34)CC2)cc1. The molecule has 0 bridgehead atoms. The molecule has 2 heterocycles. The van der Waals surface area contributed by atoms with Gasteiger partial charge in [0.05, 0.1) is 0 Å². The number of ketones is 1. The molecule has 1 N–H and O–H groups in total. The summed E-state index contributed by atoms with van der Waals surface area (Å²) in [6, 6.07) is 16.5. The Labute approximate surface area is 165 Å². The molecule has 1 aliphatic rings. The predicted molar refractivity (Wildman–Crippen MR) is 112 cm³/mol. The van der Waals surface area contributed by atoms with Crippen LogP contribution in [0.4, 0.5) is 0 Å². The highest BCUT2D eigenvalue weighted by Crippen LogP contribution is 2.28. The fourth-order valence-corrected chi connectivity index (χ4v) is 4.12. The number of benzene rings is 2. The van der Waals surface area contributed by atoms with Crippen LogP contribution in [-0.2, 0) is 4.79 Å². The second kappa shape index (κ2) is 8.01. The minimum atomic E-state index is 0.0281. The highest BCUT2D eigenvalue weighted by Gasteiger charge is 2.24. The first kappa shape index (κ1) is 18.5. The third kappa shape index (κ3) is 3.86. The number of para-hydroxylation sites is 1. The van der Waals surface area contributed by atoms with Crippen LogP contribution in [0.5, 0.6) is 0 Å². The highest BCUT2D eigenvalue weighted by molar-refractivity contribution is 6.08. The zero-order valence-corrected chi connectivity index (χ0v) is 16.3. The number of piperidine rings is 1. The van der Waals surface area contributed by atoms with E-state index in [1.165, 1.54) is 11.1 Å². The Morgan fingerprint density at radius 3 is 2.46 bits per heavy atom. The molecule has 0 spiro atoms. The Morgan fingerprint density at radius 2 is 1.71 bits per heavy atom. The van der Waals surface area contributed by atoms with E-state index in [9.17, 15) is 9.59 Å². The fourth-order valence-electron chi connectivity index (χ4n) is 4.12. The summed E-state index contributed by atoms with van der Waals surface area (Å²) in [6.45, 7) is 3.65. The highest BCUT2D eigenvalue weighted by atomic mass is 16.2. The van der Waals surface area contributed by atoms with Crippen molar-refractivity contribution in [1.29, 1.82) is 0 Å². The lowest BCUT2D eigenvalue weighted by atomic mass is 9.89. The molecule has 4 nitrogen and oxygen atoms in total. The van der Waals surface area contributed by atoms with Crippen molar-refractivity contribution in [2.45, 2.75) is 38.5 Å². The van der Waals surface area contributed by atoms with Gasteiger partial charge in [0.15, 0.2) is 5.78 Å². The van der Waals surface area contributed by atoms with Gasteiger partial charge in [0.2, 0.25) is 5.91 Å². The molecular formula is C24H26N2O2. The molecule has 28 heavy (non-hydrogen) atoms. The summed E-state index contributed by atoms with van der Waals surface area (Å²) in [5.74, 6) is 0.647. The molecule has 0 radical (unpaired) electrons. The number of carbonyl (C=O) groups is 2. The second-order valence-corrected chi connectivity index (χ2v) is 7.74. The van der Waals surface area contributed by atoms with Crippen molar-refractivity contribution < 1.29 is 9.59 Å². The summed E-state index contributed by atoms with van der Waals surface area (Å²) in [4.78, 5) is 30.2. The van der Waals surface area contributed by atoms with Crippen molar-refractivity contribution in [2.75, 3.05) is 13.1 Å². The Balaban J connectivity index is 1.30. The number of rotatable bonds is 5. The Hall–Kier alpha value is -2.88. The van der Waals surface area contributed by atoms with E-state index in [2.05, 4.69) is 36.2 Å². The van der Waals surface area contributed by atoms with Crippen LogP contribution in [0.25, 0.3) is 10.9 Å². The summed E-state index contributed by atoms with van der Waals surface area (Å²) in [6.07, 6.45) is 4.28. The molecule has 1 amide bonds. The average molecular weight is 374 g/mol. The van der Waals surface area contributed by atoms with Crippen LogP contribution in [-0.4, -0.2) is 34.7 Å². The summed E-state index contributed by atoms with van der Waals surface area (Å²) in [5, 5.41) is 0.930. The lowest BCUT2D eigenvalue weighted by Gasteiger charge is -2.32. The van der Waals surface area contributed by atoms with E-state index < -0.39 is 0 Å². The predicted octanol–water partition coefficient (Wildman–Crippen LogP) is 4.85. The number of nitrogens with one attached hydrogen (secondary N) is 1. The van der Waals surface area contributed by atoms with Crippen LogP contribution in [0.1, 0.15) is 53.1 Å². The van der Waals surface area contributed by atoms with Gasteiger partial charge in [0.1, 0.15) is 0 Å². The number of fused-ring (bicyclic) bond motifs is 1. The number of nitrogens with zero attached hydrogens (tertiary/aromatic N) is 1. The smallest absolute Gasteiger partial charge is 0.223 e. The van der Waals surface area contributed by atoms with Gasteiger partial charge in [-0.25, -0.2) is 0 Å².